The summed E-state index contributed by atoms with van der Waals surface area (Å²) < 4.78 is 41.7. The number of rotatable bonds is 23. The van der Waals surface area contributed by atoms with Gasteiger partial charge in [0.25, 0.3) is 17.7 Å². The van der Waals surface area contributed by atoms with Crippen LogP contribution in [0.5, 0.6) is 23.0 Å². The number of carbonyl (C=O) groups is 5. The van der Waals surface area contributed by atoms with Crippen LogP contribution in [0.15, 0.2) is 96.0 Å². The molecule has 0 spiro atoms. The Morgan fingerprint density at radius 2 is 1.35 bits per heavy atom. The summed E-state index contributed by atoms with van der Waals surface area (Å²) in [5, 5.41) is 0.559. The van der Waals surface area contributed by atoms with Crippen LogP contribution in [0.25, 0.3) is 0 Å². The molecule has 3 amide bonds. The summed E-state index contributed by atoms with van der Waals surface area (Å²) in [6, 6.07) is 29.1. The molecular formula is C59H63N5O13. The smallest absolute Gasteiger partial charge is 0.333 e. The lowest BCUT2D eigenvalue weighted by Gasteiger charge is -2.26. The quantitative estimate of drug-likeness (QED) is 0.0460. The second-order valence-corrected chi connectivity index (χ2v) is 19.7. The Bertz CT molecular complexity index is 3070. The lowest BCUT2D eigenvalue weighted by molar-refractivity contribution is -0.197. The Balaban J connectivity index is 0.933. The molecule has 18 nitrogen and oxygen atoms in total. The van der Waals surface area contributed by atoms with Gasteiger partial charge < -0.3 is 52.7 Å². The van der Waals surface area contributed by atoms with Gasteiger partial charge in [0.05, 0.1) is 76.2 Å². The van der Waals surface area contributed by atoms with E-state index in [1.54, 1.807) is 32.4 Å². The van der Waals surface area contributed by atoms with Gasteiger partial charge in [-0.1, -0.05) is 42.5 Å². The number of aliphatic imine (C=N–C) groups is 1. The van der Waals surface area contributed by atoms with Crippen molar-refractivity contribution in [1.29, 1.82) is 0 Å². The van der Waals surface area contributed by atoms with Crippen LogP contribution in [0.4, 0.5) is 22.7 Å². The molecule has 4 aliphatic heterocycles. The van der Waals surface area contributed by atoms with Crippen LogP contribution < -0.4 is 33.6 Å². The number of fused-ring (bicyclic) bond motifs is 8. The van der Waals surface area contributed by atoms with Crippen molar-refractivity contribution in [1.82, 2.24) is 5.06 Å². The maximum Gasteiger partial charge on any atom is 0.333 e. The van der Waals surface area contributed by atoms with Crippen molar-refractivity contribution in [2.75, 3.05) is 95.7 Å². The molecule has 1 fully saturated rings. The number of nitrogens with zero attached hydrogens (tertiary/aromatic N) is 5. The number of ketones is 1. The van der Waals surface area contributed by atoms with E-state index in [-0.39, 0.29) is 62.0 Å². The lowest BCUT2D eigenvalue weighted by atomic mass is 9.86. The Kier molecular flexibility index (Phi) is 16.1. The molecule has 5 aromatic carbocycles. The summed E-state index contributed by atoms with van der Waals surface area (Å²) in [7, 11) is 6.68. The number of hydroxylamine groups is 2. The molecule has 402 valence electrons. The number of amides is 3. The number of hydrogen-bond donors (Lipinski definition) is 0. The first kappa shape index (κ1) is 52.6. The van der Waals surface area contributed by atoms with Crippen molar-refractivity contribution < 1.29 is 62.0 Å². The molecule has 77 heavy (non-hydrogen) atoms. The van der Waals surface area contributed by atoms with Crippen molar-refractivity contribution in [3.8, 4) is 23.0 Å². The molecule has 3 atom stereocenters. The second-order valence-electron chi connectivity index (χ2n) is 19.7. The first-order valence-electron chi connectivity index (χ1n) is 26.1. The van der Waals surface area contributed by atoms with Crippen LogP contribution in [0, 0.1) is 5.92 Å². The van der Waals surface area contributed by atoms with E-state index in [1.165, 1.54) is 7.11 Å². The van der Waals surface area contributed by atoms with E-state index in [0.717, 1.165) is 57.7 Å². The highest BCUT2D eigenvalue weighted by atomic mass is 16.7. The van der Waals surface area contributed by atoms with Gasteiger partial charge in [-0.15, -0.1) is 5.06 Å². The van der Waals surface area contributed by atoms with Crippen LogP contribution in [-0.2, 0) is 59.5 Å². The molecule has 0 bridgehead atoms. The predicted octanol–water partition coefficient (Wildman–Crippen LogP) is 7.61. The van der Waals surface area contributed by atoms with Gasteiger partial charge in [0.2, 0.25) is 0 Å². The van der Waals surface area contributed by atoms with Gasteiger partial charge in [-0.2, -0.15) is 0 Å². The van der Waals surface area contributed by atoms with E-state index in [1.807, 2.05) is 78.8 Å². The Morgan fingerprint density at radius 3 is 2.08 bits per heavy atom. The van der Waals surface area contributed by atoms with Gasteiger partial charge >= 0.3 is 5.97 Å². The molecule has 4 heterocycles. The first-order chi connectivity index (χ1) is 37.5. The fraction of sp³-hybridized carbons (Fsp3) is 0.390. The molecule has 1 unspecified atom stereocenters. The Labute approximate surface area is 447 Å². The fourth-order valence-corrected chi connectivity index (χ4v) is 10.9. The average Bonchev–Trinajstić information content (AvgIpc) is 4.18. The van der Waals surface area contributed by atoms with Gasteiger partial charge in [0.15, 0.2) is 28.8 Å². The number of carbonyl (C=O) groups excluding carboxylic acids is 5. The Hall–Kier alpha value is -7.80. The maximum atomic E-state index is 14.4. The van der Waals surface area contributed by atoms with Gasteiger partial charge in [0, 0.05) is 94.3 Å². The van der Waals surface area contributed by atoms with Crippen molar-refractivity contribution in [3.63, 3.8) is 0 Å². The summed E-state index contributed by atoms with van der Waals surface area (Å²) >= 11 is 0. The van der Waals surface area contributed by atoms with Crippen LogP contribution >= 0.6 is 0 Å². The largest absolute Gasteiger partial charge is 0.493 e. The number of benzene rings is 5. The number of Topliss-reactive ketones (excluding diaryl/α,β-unsaturated/α-hetero) is 1. The van der Waals surface area contributed by atoms with Gasteiger partial charge in [-0.3, -0.25) is 24.2 Å². The SMILES string of the molecule is COCCOCCOCCN(CCCC(=O)ON1C(=O)CCC1=O)c1cc(COc2cc3c(cc2OC)C(=O)C2c4ccccc4C[C@H]2C=N3)cc(COc2cc3c(cc2OC)C(=O)N2c4ccccc4C[C@H]2CN3C)c1. The highest BCUT2D eigenvalue weighted by Crippen LogP contribution is 2.46. The number of imide groups is 1. The topological polar surface area (TPSA) is 185 Å². The molecule has 0 radical (unpaired) electrons. The van der Waals surface area contributed by atoms with Gasteiger partial charge in [-0.25, -0.2) is 4.79 Å². The summed E-state index contributed by atoms with van der Waals surface area (Å²) in [4.78, 5) is 82.2. The summed E-state index contributed by atoms with van der Waals surface area (Å²) in [6.45, 7) is 3.45. The molecular weight excluding hydrogens is 987 g/mol. The van der Waals surface area contributed by atoms with Crippen LogP contribution in [0.2, 0.25) is 0 Å². The number of likely N-dealkylation sites (N-methyl/N-ethyl adjacent to an activating group) is 1. The Morgan fingerprint density at radius 1 is 0.688 bits per heavy atom. The zero-order valence-corrected chi connectivity index (χ0v) is 43.8. The van der Waals surface area contributed by atoms with E-state index in [9.17, 15) is 24.0 Å². The molecule has 0 aromatic heterocycles. The number of para-hydroxylation sites is 1. The summed E-state index contributed by atoms with van der Waals surface area (Å²) in [5.74, 6) is -0.690. The molecule has 0 saturated carbocycles. The van der Waals surface area contributed by atoms with Crippen molar-refractivity contribution >= 4 is 58.4 Å². The van der Waals surface area contributed by atoms with Crippen molar-refractivity contribution in [2.24, 2.45) is 10.9 Å². The predicted molar refractivity (Wildman–Crippen MR) is 286 cm³/mol. The molecule has 5 aromatic rings. The van der Waals surface area contributed by atoms with Crippen molar-refractivity contribution in [2.45, 2.75) is 63.7 Å². The van der Waals surface area contributed by atoms with E-state index >= 15 is 0 Å². The molecule has 1 saturated heterocycles. The molecule has 0 N–H and O–H groups in total. The number of anilines is 3. The summed E-state index contributed by atoms with van der Waals surface area (Å²) in [5.41, 5.74) is 8.72. The van der Waals surface area contributed by atoms with E-state index in [0.29, 0.717) is 104 Å². The zero-order valence-electron chi connectivity index (χ0n) is 43.8. The van der Waals surface area contributed by atoms with Crippen LogP contribution in [-0.4, -0.2) is 128 Å². The average molecular weight is 1050 g/mol. The molecule has 5 aliphatic rings. The molecule has 1 aliphatic carbocycles. The highest BCUT2D eigenvalue weighted by molar-refractivity contribution is 6.12. The van der Waals surface area contributed by atoms with E-state index in [4.69, 9.17) is 43.0 Å². The summed E-state index contributed by atoms with van der Waals surface area (Å²) in [6.07, 6.45) is 3.60. The number of methoxy groups -OCH3 is 3. The third kappa shape index (κ3) is 11.4. The minimum Gasteiger partial charge on any atom is -0.493 e. The second kappa shape index (κ2) is 23.6. The number of ether oxygens (including phenoxy) is 7. The fourth-order valence-electron chi connectivity index (χ4n) is 10.9. The first-order valence-corrected chi connectivity index (χ1v) is 26.1. The molecule has 10 rings (SSSR count). The lowest BCUT2D eigenvalue weighted by Crippen LogP contribution is -2.41. The maximum absolute atomic E-state index is 14.4. The highest BCUT2D eigenvalue weighted by Gasteiger charge is 2.41. The zero-order chi connectivity index (χ0) is 53.6. The number of hydrogen-bond acceptors (Lipinski definition) is 16. The molecule has 18 heteroatoms. The third-order valence-corrected chi connectivity index (χ3v) is 14.7. The monoisotopic (exact) mass is 1050 g/mol. The minimum atomic E-state index is -0.699. The van der Waals surface area contributed by atoms with E-state index < -0.39 is 17.8 Å². The normalized spacial score (nSPS) is 18.0. The standard InChI is InChI=1S/C59H63N5O13/c1-61-34-43-28-40-11-6-8-13-48(40)63(43)59(69)46-30-51(72-4)53(32-49(46)61)76-36-38-24-37(35-75-52-31-47-45(29-50(52)71-3)58(68)57-41(33-60-47)27-39-10-5-7-12-44(39)57)25-42(26-38)62(18-19-73-22-23-74-21-20-70-2)17-9-14-56(67)77-64-54(65)15-16-55(64)66/h5-8,10-13,24-26,29-33,41,43,57H,9,14-23,27-28,34-36H2,1-4H3/t41-,43-,57?/m0/s1. The van der Waals surface area contributed by atoms with Crippen LogP contribution in [0.3, 0.4) is 0 Å². The van der Waals surface area contributed by atoms with Crippen LogP contribution in [0.1, 0.15) is 80.1 Å². The van der Waals surface area contributed by atoms with Gasteiger partial charge in [0.1, 0.15) is 13.2 Å². The minimum absolute atomic E-state index is 0.00282. The van der Waals surface area contributed by atoms with E-state index in [2.05, 4.69) is 21.9 Å². The van der Waals surface area contributed by atoms with Crippen molar-refractivity contribution in [3.05, 3.63) is 130 Å². The van der Waals surface area contributed by atoms with Gasteiger partial charge in [-0.05, 0) is 83.5 Å². The third-order valence-electron chi connectivity index (χ3n) is 14.7.